The van der Waals surface area contributed by atoms with Crippen molar-refractivity contribution in [2.75, 3.05) is 26.1 Å². The number of carbonyl (C=O) groups is 1. The van der Waals surface area contributed by atoms with Gasteiger partial charge in [0.1, 0.15) is 23.3 Å². The molecule has 8 heteroatoms. The van der Waals surface area contributed by atoms with E-state index >= 15 is 0 Å². The first-order valence-corrected chi connectivity index (χ1v) is 8.18. The molecular formula is C13H16NO6S+. The fourth-order valence-electron chi connectivity index (χ4n) is 2.93. The highest BCUT2D eigenvalue weighted by Gasteiger charge is 2.53. The van der Waals surface area contributed by atoms with E-state index in [4.69, 9.17) is 9.47 Å². The van der Waals surface area contributed by atoms with E-state index in [-0.39, 0.29) is 15.9 Å². The summed E-state index contributed by atoms with van der Waals surface area (Å²) in [6.45, 7) is 0.407. The molecule has 1 N–H and O–H groups in total. The second-order valence-corrected chi connectivity index (χ2v) is 7.20. The molecule has 0 aromatic heterocycles. The molecule has 2 aliphatic heterocycles. The maximum atomic E-state index is 12.4. The van der Waals surface area contributed by atoms with Crippen molar-refractivity contribution in [1.82, 2.24) is 4.48 Å². The Kier molecular flexibility index (Phi) is 3.19. The zero-order valence-electron chi connectivity index (χ0n) is 11.5. The molecule has 1 aromatic rings. The number of cyclic esters (lactones) is 1. The lowest BCUT2D eigenvalue weighted by Gasteiger charge is -2.28. The van der Waals surface area contributed by atoms with E-state index in [0.717, 1.165) is 0 Å². The van der Waals surface area contributed by atoms with Crippen molar-refractivity contribution in [3.8, 4) is 5.75 Å². The molecule has 1 spiro atoms. The van der Waals surface area contributed by atoms with Crippen LogP contribution in [0.25, 0.3) is 0 Å². The maximum Gasteiger partial charge on any atom is 0.522 e. The highest BCUT2D eigenvalue weighted by atomic mass is 32.2. The third-order valence-electron chi connectivity index (χ3n) is 4.02. The topological polar surface area (TPSA) is 89.9 Å². The first kappa shape index (κ1) is 14.3. The fourth-order valence-corrected chi connectivity index (χ4v) is 4.14. The summed E-state index contributed by atoms with van der Waals surface area (Å²) < 4.78 is 34.3. The smallest absolute Gasteiger partial charge is 0.497 e. The number of sulfone groups is 1. The summed E-state index contributed by atoms with van der Waals surface area (Å²) in [7, 11) is -2.25. The zero-order chi connectivity index (χ0) is 15.3. The van der Waals surface area contributed by atoms with E-state index in [1.165, 1.54) is 25.3 Å². The second kappa shape index (κ2) is 4.69. The van der Waals surface area contributed by atoms with E-state index in [2.05, 4.69) is 0 Å². The van der Waals surface area contributed by atoms with Gasteiger partial charge in [-0.3, -0.25) is 0 Å². The van der Waals surface area contributed by atoms with Gasteiger partial charge >= 0.3 is 6.09 Å². The molecule has 114 valence electrons. The average molecular weight is 314 g/mol. The Morgan fingerprint density at radius 3 is 2.81 bits per heavy atom. The van der Waals surface area contributed by atoms with Crippen molar-refractivity contribution in [2.24, 2.45) is 0 Å². The molecule has 1 unspecified atom stereocenters. The van der Waals surface area contributed by atoms with E-state index < -0.39 is 28.0 Å². The van der Waals surface area contributed by atoms with Crippen molar-refractivity contribution in [3.63, 3.8) is 0 Å². The first-order valence-electron chi connectivity index (χ1n) is 6.53. The number of aliphatic hydroxyl groups is 1. The summed E-state index contributed by atoms with van der Waals surface area (Å²) in [4.78, 5) is 12.4. The number of quaternary nitrogens is 1. The number of benzene rings is 1. The molecule has 7 nitrogen and oxygen atoms in total. The largest absolute Gasteiger partial charge is 0.522 e. The highest BCUT2D eigenvalue weighted by molar-refractivity contribution is 7.91. The lowest BCUT2D eigenvalue weighted by molar-refractivity contribution is 0.119. The van der Waals surface area contributed by atoms with Crippen LogP contribution in [-0.2, 0) is 14.6 Å². The molecular weight excluding hydrogens is 298 g/mol. The van der Waals surface area contributed by atoms with E-state index in [1.54, 1.807) is 0 Å². The van der Waals surface area contributed by atoms with Crippen LogP contribution in [-0.4, -0.2) is 51.9 Å². The molecule has 0 saturated carbocycles. The Hall–Kier alpha value is -1.64. The molecule has 0 bridgehead atoms. The normalized spacial score (nSPS) is 30.6. The summed E-state index contributed by atoms with van der Waals surface area (Å²) in [5.41, 5.74) is 0.313. The van der Waals surface area contributed by atoms with Crippen LogP contribution in [0, 0.1) is 0 Å². The third-order valence-corrected chi connectivity index (χ3v) is 5.46. The van der Waals surface area contributed by atoms with Crippen LogP contribution in [0.3, 0.4) is 0 Å². The molecule has 1 fully saturated rings. The van der Waals surface area contributed by atoms with Gasteiger partial charge in [-0.25, -0.2) is 8.42 Å². The van der Waals surface area contributed by atoms with Crippen molar-refractivity contribution >= 4 is 21.6 Å². The van der Waals surface area contributed by atoms with Gasteiger partial charge in [0.15, 0.2) is 5.69 Å². The number of hydrogen-bond donors (Lipinski definition) is 1. The van der Waals surface area contributed by atoms with Crippen LogP contribution in [0.15, 0.2) is 23.1 Å². The number of fused-ring (bicyclic) bond motifs is 2. The van der Waals surface area contributed by atoms with Crippen LogP contribution < -0.4 is 9.22 Å². The van der Waals surface area contributed by atoms with Crippen LogP contribution in [0.2, 0.25) is 0 Å². The van der Waals surface area contributed by atoms with Gasteiger partial charge in [-0.2, -0.15) is 9.28 Å². The predicted molar refractivity (Wildman–Crippen MR) is 73.7 cm³/mol. The molecule has 1 aromatic carbocycles. The average Bonchev–Trinajstić information content (AvgIpc) is 2.84. The van der Waals surface area contributed by atoms with Gasteiger partial charge in [0, 0.05) is 12.5 Å². The maximum absolute atomic E-state index is 12.4. The number of amides is 1. The first-order chi connectivity index (χ1) is 9.89. The number of ether oxygens (including phenoxy) is 2. The Balaban J connectivity index is 2.29. The van der Waals surface area contributed by atoms with Crippen molar-refractivity contribution in [2.45, 2.75) is 17.4 Å². The van der Waals surface area contributed by atoms with E-state index in [9.17, 15) is 18.3 Å². The molecule has 21 heavy (non-hydrogen) atoms. The molecule has 3 rings (SSSR count). The van der Waals surface area contributed by atoms with Crippen LogP contribution in [0.5, 0.6) is 5.75 Å². The minimum Gasteiger partial charge on any atom is -0.497 e. The summed E-state index contributed by atoms with van der Waals surface area (Å²) in [5.74, 6) is -0.223. The Bertz CT molecular complexity index is 701. The molecule has 2 atom stereocenters. The van der Waals surface area contributed by atoms with E-state index in [0.29, 0.717) is 24.4 Å². The molecule has 1 saturated heterocycles. The number of nitrogens with zero attached hydrogens (tertiary/aromatic N) is 1. The van der Waals surface area contributed by atoms with Crippen molar-refractivity contribution in [3.05, 3.63) is 18.2 Å². The molecule has 0 aliphatic carbocycles. The quantitative estimate of drug-likeness (QED) is 0.766. The number of rotatable bonds is 1. The monoisotopic (exact) mass is 314 g/mol. The number of carbonyl (C=O) groups excluding carboxylic acids is 1. The lowest BCUT2D eigenvalue weighted by Crippen LogP contribution is -2.52. The van der Waals surface area contributed by atoms with Crippen LogP contribution in [0.4, 0.5) is 10.5 Å². The van der Waals surface area contributed by atoms with Gasteiger partial charge in [0.2, 0.25) is 15.8 Å². The van der Waals surface area contributed by atoms with Gasteiger partial charge in [-0.05, 0) is 12.1 Å². The van der Waals surface area contributed by atoms with Crippen LogP contribution in [0.1, 0.15) is 6.42 Å². The third kappa shape index (κ3) is 2.10. The Morgan fingerprint density at radius 2 is 2.19 bits per heavy atom. The van der Waals surface area contributed by atoms with Gasteiger partial charge < -0.3 is 14.6 Å². The number of methoxy groups -OCH3 is 1. The molecule has 0 radical (unpaired) electrons. The van der Waals surface area contributed by atoms with Crippen molar-refractivity contribution < 1.29 is 27.8 Å². The number of aliphatic hydroxyl groups excluding tert-OH is 1. The predicted octanol–water partition coefficient (Wildman–Crippen LogP) is 0.648. The molecule has 2 aliphatic rings. The lowest BCUT2D eigenvalue weighted by atomic mass is 10.2. The fraction of sp³-hybridized carbons (Fsp3) is 0.462. The molecule has 2 heterocycles. The Labute approximate surface area is 122 Å². The summed E-state index contributed by atoms with van der Waals surface area (Å²) >= 11 is 0. The number of hydrogen-bond acceptors (Lipinski definition) is 6. The SMILES string of the molecule is COc1ccc2c(c1)[N+]1(CC[C@@H](O)C1)C(=O)OCS2(=O)=O. The highest BCUT2D eigenvalue weighted by Crippen LogP contribution is 2.40. The summed E-state index contributed by atoms with van der Waals surface area (Å²) in [6.07, 6.45) is -0.911. The van der Waals surface area contributed by atoms with Crippen molar-refractivity contribution in [1.29, 1.82) is 0 Å². The Morgan fingerprint density at radius 1 is 1.43 bits per heavy atom. The second-order valence-electron chi connectivity index (χ2n) is 5.29. The molecule has 1 amide bonds. The summed E-state index contributed by atoms with van der Waals surface area (Å²) in [5, 5.41) is 9.83. The van der Waals surface area contributed by atoms with Crippen LogP contribution >= 0.6 is 0 Å². The summed E-state index contributed by atoms with van der Waals surface area (Å²) in [6, 6.07) is 4.50. The van der Waals surface area contributed by atoms with Gasteiger partial charge in [-0.1, -0.05) is 0 Å². The zero-order valence-corrected chi connectivity index (χ0v) is 12.3. The minimum absolute atomic E-state index is 0.0586. The van der Waals surface area contributed by atoms with Gasteiger partial charge in [-0.15, -0.1) is 0 Å². The van der Waals surface area contributed by atoms with Gasteiger partial charge in [0.25, 0.3) is 0 Å². The minimum atomic E-state index is -3.71. The van der Waals surface area contributed by atoms with E-state index in [1.807, 2.05) is 0 Å². The van der Waals surface area contributed by atoms with Gasteiger partial charge in [0.05, 0.1) is 13.7 Å². The standard InChI is InChI=1S/C13H16NO6S/c1-19-10-2-3-12-11(6-10)14(5-4-9(15)7-14)13(16)20-8-21(12,17)18/h2-3,6,9,15H,4-5,7-8H2,1H3/q+1/t9-,14?/m1/s1.